The Labute approximate surface area is 197 Å². The standard InChI is InChI=1S/C25H39N5O3/c1-2-30-22(10-11-26-30)25(32)29-18-19-6-4-12-28-13-5-7-20(24(19)28)21(29)8-3-9-23(31)27-14-16-33-17-15-27/h10-11,19-21,24H,2-9,12-18H2,1H3/t19-,20+,21+,24-/m0/s1. The van der Waals surface area contributed by atoms with E-state index in [1.165, 1.54) is 38.8 Å². The van der Waals surface area contributed by atoms with Crippen molar-refractivity contribution in [1.82, 2.24) is 24.5 Å². The van der Waals surface area contributed by atoms with Crippen molar-refractivity contribution in [3.8, 4) is 0 Å². The number of nitrogens with zero attached hydrogens (tertiary/aromatic N) is 5. The number of ether oxygens (including phenoxy) is 1. The molecule has 2 amide bonds. The van der Waals surface area contributed by atoms with Gasteiger partial charge >= 0.3 is 0 Å². The first-order valence-electron chi connectivity index (χ1n) is 13.1. The van der Waals surface area contributed by atoms with Gasteiger partial charge in [0.2, 0.25) is 5.91 Å². The van der Waals surface area contributed by atoms with E-state index in [-0.39, 0.29) is 17.9 Å². The minimum absolute atomic E-state index is 0.125. The molecule has 1 aromatic rings. The topological polar surface area (TPSA) is 70.9 Å². The van der Waals surface area contributed by atoms with E-state index < -0.39 is 0 Å². The van der Waals surface area contributed by atoms with Crippen molar-refractivity contribution in [3.05, 3.63) is 18.0 Å². The average Bonchev–Trinajstić information content (AvgIpc) is 3.34. The lowest BCUT2D eigenvalue weighted by atomic mass is 9.69. The third-order valence-electron chi connectivity index (χ3n) is 8.42. The van der Waals surface area contributed by atoms with E-state index in [0.717, 1.165) is 19.4 Å². The summed E-state index contributed by atoms with van der Waals surface area (Å²) in [4.78, 5) is 33.4. The van der Waals surface area contributed by atoms with E-state index in [1.807, 2.05) is 22.6 Å². The van der Waals surface area contributed by atoms with Crippen LogP contribution in [0.3, 0.4) is 0 Å². The van der Waals surface area contributed by atoms with Gasteiger partial charge in [-0.1, -0.05) is 0 Å². The van der Waals surface area contributed by atoms with Crippen molar-refractivity contribution in [2.24, 2.45) is 11.8 Å². The fourth-order valence-electron chi connectivity index (χ4n) is 6.95. The van der Waals surface area contributed by atoms with Gasteiger partial charge in [0.15, 0.2) is 0 Å². The summed E-state index contributed by atoms with van der Waals surface area (Å²) in [6.45, 7) is 8.67. The molecule has 5 rings (SSSR count). The average molecular weight is 458 g/mol. The second kappa shape index (κ2) is 10.1. The van der Waals surface area contributed by atoms with E-state index in [9.17, 15) is 9.59 Å². The second-order valence-corrected chi connectivity index (χ2v) is 10.2. The Morgan fingerprint density at radius 3 is 2.70 bits per heavy atom. The van der Waals surface area contributed by atoms with E-state index in [2.05, 4.69) is 14.9 Å². The highest BCUT2D eigenvalue weighted by Gasteiger charge is 2.49. The molecule has 4 aliphatic rings. The molecule has 33 heavy (non-hydrogen) atoms. The van der Waals surface area contributed by atoms with Crippen LogP contribution in [0.15, 0.2) is 12.3 Å². The quantitative estimate of drug-likeness (QED) is 0.655. The number of likely N-dealkylation sites (tertiary alicyclic amines) is 1. The Hall–Kier alpha value is -1.93. The molecule has 4 fully saturated rings. The third kappa shape index (κ3) is 4.56. The summed E-state index contributed by atoms with van der Waals surface area (Å²) in [5.74, 6) is 1.44. The van der Waals surface area contributed by atoms with Gasteiger partial charge in [-0.15, -0.1) is 0 Å². The number of hydrogen-bond donors (Lipinski definition) is 0. The number of aromatic nitrogens is 2. The highest BCUT2D eigenvalue weighted by molar-refractivity contribution is 5.93. The Kier molecular flexibility index (Phi) is 7.02. The molecule has 0 unspecified atom stereocenters. The molecule has 0 saturated carbocycles. The van der Waals surface area contributed by atoms with Crippen molar-refractivity contribution in [2.45, 2.75) is 70.5 Å². The molecule has 4 atom stereocenters. The normalized spacial score (nSPS) is 30.2. The fraction of sp³-hybridized carbons (Fsp3) is 0.800. The van der Waals surface area contributed by atoms with Crippen LogP contribution < -0.4 is 0 Å². The summed E-state index contributed by atoms with van der Waals surface area (Å²) < 4.78 is 7.21. The van der Waals surface area contributed by atoms with Crippen LogP contribution in [-0.2, 0) is 16.1 Å². The van der Waals surface area contributed by atoms with Gasteiger partial charge in [0.1, 0.15) is 5.69 Å². The monoisotopic (exact) mass is 457 g/mol. The number of piperidine rings is 3. The Morgan fingerprint density at radius 1 is 1.12 bits per heavy atom. The van der Waals surface area contributed by atoms with Gasteiger partial charge in [-0.25, -0.2) is 0 Å². The Balaban J connectivity index is 1.33. The first kappa shape index (κ1) is 22.8. The maximum atomic E-state index is 13.8. The van der Waals surface area contributed by atoms with Crippen LogP contribution in [0, 0.1) is 11.8 Å². The molecule has 8 nitrogen and oxygen atoms in total. The predicted molar refractivity (Wildman–Crippen MR) is 125 cm³/mol. The van der Waals surface area contributed by atoms with Crippen molar-refractivity contribution in [1.29, 1.82) is 0 Å². The third-order valence-corrected chi connectivity index (χ3v) is 8.42. The van der Waals surface area contributed by atoms with Gasteiger partial charge in [0.25, 0.3) is 5.91 Å². The van der Waals surface area contributed by atoms with Gasteiger partial charge < -0.3 is 14.5 Å². The number of carbonyl (C=O) groups excluding carboxylic acids is 2. The lowest BCUT2D eigenvalue weighted by Crippen LogP contribution is -2.65. The lowest BCUT2D eigenvalue weighted by Gasteiger charge is -2.57. The van der Waals surface area contributed by atoms with Gasteiger partial charge in [0, 0.05) is 50.9 Å². The first-order chi connectivity index (χ1) is 16.2. The number of carbonyl (C=O) groups is 2. The zero-order valence-electron chi connectivity index (χ0n) is 20.0. The molecule has 0 aromatic carbocycles. The highest BCUT2D eigenvalue weighted by atomic mass is 16.5. The molecule has 8 heteroatoms. The smallest absolute Gasteiger partial charge is 0.272 e. The summed E-state index contributed by atoms with van der Waals surface area (Å²) in [5.41, 5.74) is 0.703. The second-order valence-electron chi connectivity index (χ2n) is 10.2. The molecular formula is C25H39N5O3. The minimum Gasteiger partial charge on any atom is -0.378 e. The van der Waals surface area contributed by atoms with Gasteiger partial charge in [-0.3, -0.25) is 19.2 Å². The molecule has 0 aliphatic carbocycles. The van der Waals surface area contributed by atoms with Crippen LogP contribution >= 0.6 is 0 Å². The summed E-state index contributed by atoms with van der Waals surface area (Å²) in [5, 5.41) is 4.36. The van der Waals surface area contributed by atoms with E-state index in [1.54, 1.807) is 6.20 Å². The summed E-state index contributed by atoms with van der Waals surface area (Å²) in [6.07, 6.45) is 8.91. The van der Waals surface area contributed by atoms with Gasteiger partial charge in [-0.2, -0.15) is 5.10 Å². The maximum absolute atomic E-state index is 13.8. The van der Waals surface area contributed by atoms with Crippen LogP contribution in [0.2, 0.25) is 0 Å². The van der Waals surface area contributed by atoms with E-state index in [4.69, 9.17) is 4.74 Å². The van der Waals surface area contributed by atoms with Crippen LogP contribution in [0.4, 0.5) is 0 Å². The first-order valence-corrected chi connectivity index (χ1v) is 13.1. The van der Waals surface area contributed by atoms with Crippen LogP contribution in [0.5, 0.6) is 0 Å². The zero-order valence-corrected chi connectivity index (χ0v) is 20.0. The largest absolute Gasteiger partial charge is 0.378 e. The molecule has 0 N–H and O–H groups in total. The van der Waals surface area contributed by atoms with Gasteiger partial charge in [0.05, 0.1) is 13.2 Å². The fourth-order valence-corrected chi connectivity index (χ4v) is 6.95. The maximum Gasteiger partial charge on any atom is 0.272 e. The number of aryl methyl sites for hydroxylation is 1. The van der Waals surface area contributed by atoms with Crippen molar-refractivity contribution in [3.63, 3.8) is 0 Å². The van der Waals surface area contributed by atoms with E-state index >= 15 is 0 Å². The van der Waals surface area contributed by atoms with Crippen molar-refractivity contribution in [2.75, 3.05) is 45.9 Å². The number of rotatable bonds is 6. The predicted octanol–water partition coefficient (Wildman–Crippen LogP) is 2.25. The van der Waals surface area contributed by atoms with Crippen LogP contribution in [0.25, 0.3) is 0 Å². The van der Waals surface area contributed by atoms with E-state index in [0.29, 0.717) is 62.8 Å². The lowest BCUT2D eigenvalue weighted by molar-refractivity contribution is -0.135. The molecule has 5 heterocycles. The van der Waals surface area contributed by atoms with Gasteiger partial charge in [-0.05, 0) is 76.4 Å². The highest BCUT2D eigenvalue weighted by Crippen LogP contribution is 2.43. The van der Waals surface area contributed by atoms with Crippen molar-refractivity contribution >= 4 is 11.8 Å². The number of amides is 2. The molecule has 4 saturated heterocycles. The summed E-state index contributed by atoms with van der Waals surface area (Å²) in [7, 11) is 0. The SMILES string of the molecule is CCn1nccc1C(=O)N1C[C@@H]2CCCN3CCC[C@@H]([C@H]23)[C@H]1CCCC(=O)N1CCOCC1. The molecule has 1 aromatic heterocycles. The van der Waals surface area contributed by atoms with Crippen molar-refractivity contribution < 1.29 is 14.3 Å². The molecule has 0 spiro atoms. The number of morpholine rings is 1. The molecule has 4 aliphatic heterocycles. The number of hydrogen-bond acceptors (Lipinski definition) is 5. The summed E-state index contributed by atoms with van der Waals surface area (Å²) in [6, 6.07) is 2.68. The minimum atomic E-state index is 0.125. The Bertz CT molecular complexity index is 834. The van der Waals surface area contributed by atoms with Crippen LogP contribution in [0.1, 0.15) is 62.4 Å². The summed E-state index contributed by atoms with van der Waals surface area (Å²) >= 11 is 0. The molecular weight excluding hydrogens is 418 g/mol. The molecule has 0 radical (unpaired) electrons. The Morgan fingerprint density at radius 2 is 1.91 bits per heavy atom. The molecule has 0 bridgehead atoms. The van der Waals surface area contributed by atoms with Crippen LogP contribution in [-0.4, -0.2) is 94.3 Å². The zero-order chi connectivity index (χ0) is 22.8. The molecule has 182 valence electrons.